The predicted octanol–water partition coefficient (Wildman–Crippen LogP) is 4.11. The first-order chi connectivity index (χ1) is 12.8. The topological polar surface area (TPSA) is 35.6 Å². The third-order valence-corrected chi connectivity index (χ3v) is 6.94. The van der Waals surface area contributed by atoms with Crippen LogP contribution in [-0.2, 0) is 0 Å². The van der Waals surface area contributed by atoms with E-state index in [2.05, 4.69) is 21.2 Å². The van der Waals surface area contributed by atoms with E-state index in [0.717, 1.165) is 30.6 Å². The maximum absolute atomic E-state index is 13.0. The Balaban J connectivity index is 1.39. The molecule has 0 aromatic heterocycles. The fourth-order valence-electron chi connectivity index (χ4n) is 5.92. The first-order valence-electron chi connectivity index (χ1n) is 10.4. The Morgan fingerprint density at radius 2 is 1.96 bits per heavy atom. The van der Waals surface area contributed by atoms with Gasteiger partial charge in [-0.3, -0.25) is 4.90 Å². The van der Waals surface area contributed by atoms with Gasteiger partial charge in [-0.2, -0.15) is 0 Å². The van der Waals surface area contributed by atoms with Crippen LogP contribution in [0.1, 0.15) is 38.5 Å². The lowest BCUT2D eigenvalue weighted by atomic mass is 9.68. The van der Waals surface area contributed by atoms with Gasteiger partial charge in [-0.15, -0.1) is 0 Å². The number of hydrogen-bond donors (Lipinski definition) is 1. The number of benzene rings is 1. The molecular formula is C22H29N3O. The monoisotopic (exact) mass is 351 g/mol. The molecule has 1 aromatic rings. The number of anilines is 1. The van der Waals surface area contributed by atoms with Crippen LogP contribution in [0.3, 0.4) is 0 Å². The molecule has 3 saturated heterocycles. The minimum absolute atomic E-state index is 0.0750. The van der Waals surface area contributed by atoms with Gasteiger partial charge in [0.15, 0.2) is 0 Å². The van der Waals surface area contributed by atoms with Gasteiger partial charge in [0, 0.05) is 24.8 Å². The van der Waals surface area contributed by atoms with Gasteiger partial charge < -0.3 is 10.2 Å². The quantitative estimate of drug-likeness (QED) is 0.773. The van der Waals surface area contributed by atoms with Crippen LogP contribution in [0.5, 0.6) is 0 Å². The number of likely N-dealkylation sites (tertiary alicyclic amines) is 1. The van der Waals surface area contributed by atoms with E-state index in [4.69, 9.17) is 0 Å². The Bertz CT molecular complexity index is 701. The average Bonchev–Trinajstić information content (AvgIpc) is 2.68. The van der Waals surface area contributed by atoms with Crippen molar-refractivity contribution in [1.29, 1.82) is 0 Å². The number of carbonyl (C=O) groups excluding carboxylic acids is 1. The molecule has 1 aliphatic carbocycles. The molecule has 3 aliphatic heterocycles. The van der Waals surface area contributed by atoms with E-state index < -0.39 is 0 Å². The number of piperidine rings is 3. The van der Waals surface area contributed by atoms with Gasteiger partial charge in [0.25, 0.3) is 0 Å². The lowest BCUT2D eigenvalue weighted by molar-refractivity contribution is 0.00908. The molecular weight excluding hydrogens is 322 g/mol. The standard InChI is InChI=1S/C22H29N3O/c26-22(23-19-8-2-1-3-9-19)25-12-6-7-16-13-17-14-18(21(16)25)15-24-11-5-4-10-20(17)24/h1-3,8-9,13,17-18,20-21H,4-7,10-12,14-15H2,(H,23,26)/t17-,18+,20+,21+/m0/s1. The zero-order chi connectivity index (χ0) is 17.5. The fraction of sp³-hybridized carbons (Fsp3) is 0.591. The minimum atomic E-state index is 0.0750. The second-order valence-corrected chi connectivity index (χ2v) is 8.50. The van der Waals surface area contributed by atoms with Crippen molar-refractivity contribution >= 4 is 11.7 Å². The van der Waals surface area contributed by atoms with E-state index in [0.29, 0.717) is 12.0 Å². The Morgan fingerprint density at radius 3 is 2.85 bits per heavy atom. The van der Waals surface area contributed by atoms with Gasteiger partial charge in [-0.25, -0.2) is 4.79 Å². The molecule has 0 radical (unpaired) electrons. The molecule has 0 unspecified atom stereocenters. The number of urea groups is 1. The molecule has 26 heavy (non-hydrogen) atoms. The largest absolute Gasteiger partial charge is 0.322 e. The van der Waals surface area contributed by atoms with Crippen molar-refractivity contribution in [1.82, 2.24) is 9.80 Å². The first-order valence-corrected chi connectivity index (χ1v) is 10.4. The SMILES string of the molecule is O=C(Nc1ccccc1)N1CCCC2=C[C@H]3C[C@H](CN4CCCC[C@H]34)[C@@H]21. The molecule has 2 bridgehead atoms. The summed E-state index contributed by atoms with van der Waals surface area (Å²) >= 11 is 0. The predicted molar refractivity (Wildman–Crippen MR) is 104 cm³/mol. The molecule has 0 saturated carbocycles. The van der Waals surface area contributed by atoms with Crippen molar-refractivity contribution in [3.63, 3.8) is 0 Å². The van der Waals surface area contributed by atoms with Crippen LogP contribution >= 0.6 is 0 Å². The van der Waals surface area contributed by atoms with Crippen molar-refractivity contribution < 1.29 is 4.79 Å². The zero-order valence-corrected chi connectivity index (χ0v) is 15.4. The molecule has 3 fully saturated rings. The molecule has 2 amide bonds. The number of amides is 2. The highest BCUT2D eigenvalue weighted by atomic mass is 16.2. The van der Waals surface area contributed by atoms with Gasteiger partial charge in [-0.1, -0.05) is 36.3 Å². The maximum Gasteiger partial charge on any atom is 0.322 e. The summed E-state index contributed by atoms with van der Waals surface area (Å²) in [5.74, 6) is 1.33. The first kappa shape index (κ1) is 16.4. The van der Waals surface area contributed by atoms with Crippen LogP contribution in [0, 0.1) is 11.8 Å². The second kappa shape index (κ2) is 6.73. The molecule has 5 rings (SSSR count). The third-order valence-electron chi connectivity index (χ3n) is 6.94. The van der Waals surface area contributed by atoms with Gasteiger partial charge in [0.05, 0.1) is 6.04 Å². The van der Waals surface area contributed by atoms with Crippen LogP contribution in [0.2, 0.25) is 0 Å². The molecule has 1 N–H and O–H groups in total. The number of carbonyl (C=O) groups is 1. The van der Waals surface area contributed by atoms with E-state index in [1.807, 2.05) is 30.3 Å². The van der Waals surface area contributed by atoms with Crippen LogP contribution in [-0.4, -0.2) is 47.5 Å². The summed E-state index contributed by atoms with van der Waals surface area (Å²) in [7, 11) is 0. The number of rotatable bonds is 1. The summed E-state index contributed by atoms with van der Waals surface area (Å²) in [4.78, 5) is 17.9. The fourth-order valence-corrected chi connectivity index (χ4v) is 5.92. The Morgan fingerprint density at radius 1 is 1.08 bits per heavy atom. The summed E-state index contributed by atoms with van der Waals surface area (Å²) < 4.78 is 0. The van der Waals surface area contributed by atoms with E-state index in [-0.39, 0.29) is 6.03 Å². The highest BCUT2D eigenvalue weighted by molar-refractivity contribution is 5.89. The summed E-state index contributed by atoms with van der Waals surface area (Å²) in [5, 5.41) is 3.12. The Labute approximate surface area is 156 Å². The van der Waals surface area contributed by atoms with Crippen LogP contribution in [0.25, 0.3) is 0 Å². The maximum atomic E-state index is 13.0. The zero-order valence-electron chi connectivity index (χ0n) is 15.4. The third kappa shape index (κ3) is 2.84. The van der Waals surface area contributed by atoms with Crippen LogP contribution in [0.15, 0.2) is 42.0 Å². The van der Waals surface area contributed by atoms with Crippen LogP contribution in [0.4, 0.5) is 10.5 Å². The van der Waals surface area contributed by atoms with Gasteiger partial charge in [-0.05, 0) is 62.6 Å². The number of nitrogens with one attached hydrogen (secondary N) is 1. The lowest BCUT2D eigenvalue weighted by Gasteiger charge is -2.54. The summed E-state index contributed by atoms with van der Waals surface area (Å²) in [6, 6.07) is 11.0. The van der Waals surface area contributed by atoms with Gasteiger partial charge in [0.1, 0.15) is 0 Å². The van der Waals surface area contributed by atoms with Crippen molar-refractivity contribution in [3.8, 4) is 0 Å². The van der Waals surface area contributed by atoms with Crippen molar-refractivity contribution in [3.05, 3.63) is 42.0 Å². The van der Waals surface area contributed by atoms with Crippen molar-refractivity contribution in [2.45, 2.75) is 50.6 Å². The highest BCUT2D eigenvalue weighted by Crippen LogP contribution is 2.45. The molecule has 1 aromatic carbocycles. The highest BCUT2D eigenvalue weighted by Gasteiger charge is 2.46. The number of para-hydroxylation sites is 1. The van der Waals surface area contributed by atoms with E-state index >= 15 is 0 Å². The molecule has 4 atom stereocenters. The smallest absolute Gasteiger partial charge is 0.317 e. The summed E-state index contributed by atoms with van der Waals surface area (Å²) in [5.41, 5.74) is 2.44. The molecule has 138 valence electrons. The van der Waals surface area contributed by atoms with E-state index in [1.165, 1.54) is 45.2 Å². The van der Waals surface area contributed by atoms with E-state index in [1.54, 1.807) is 5.57 Å². The molecule has 0 spiro atoms. The minimum Gasteiger partial charge on any atom is -0.317 e. The number of hydrogen-bond acceptors (Lipinski definition) is 2. The molecule has 4 aliphatic rings. The number of nitrogens with zero attached hydrogens (tertiary/aromatic N) is 2. The lowest BCUT2D eigenvalue weighted by Crippen LogP contribution is -2.60. The second-order valence-electron chi connectivity index (χ2n) is 8.50. The Kier molecular flexibility index (Phi) is 4.24. The number of fused-ring (bicyclic) bond motifs is 6. The summed E-state index contributed by atoms with van der Waals surface area (Å²) in [6.07, 6.45) is 10.2. The van der Waals surface area contributed by atoms with Gasteiger partial charge >= 0.3 is 6.03 Å². The average molecular weight is 351 g/mol. The van der Waals surface area contributed by atoms with Crippen molar-refractivity contribution in [2.75, 3.05) is 25.0 Å². The van der Waals surface area contributed by atoms with E-state index in [9.17, 15) is 4.79 Å². The molecule has 3 heterocycles. The normalized spacial score (nSPS) is 33.7. The van der Waals surface area contributed by atoms with Crippen LogP contribution < -0.4 is 5.32 Å². The Hall–Kier alpha value is -1.81. The summed E-state index contributed by atoms with van der Waals surface area (Å²) in [6.45, 7) is 3.31. The molecule has 4 heteroatoms. The van der Waals surface area contributed by atoms with Gasteiger partial charge in [0.2, 0.25) is 0 Å². The van der Waals surface area contributed by atoms with Crippen molar-refractivity contribution in [2.24, 2.45) is 11.8 Å². The molecule has 4 nitrogen and oxygen atoms in total.